The standard InChI is InChI=1S/C14H11IN3O3S/c19-22(20,11-5-2-1-3-6-11)18-12-7-4-8-17-14(12)15-13-9-16-10-21-13/h1-10,18H/q-1. The van der Waals surface area contributed by atoms with E-state index in [1.807, 2.05) is 0 Å². The van der Waals surface area contributed by atoms with Crippen LogP contribution in [0.4, 0.5) is 5.69 Å². The quantitative estimate of drug-likeness (QED) is 0.417. The van der Waals surface area contributed by atoms with E-state index >= 15 is 0 Å². The summed E-state index contributed by atoms with van der Waals surface area (Å²) in [6.07, 6.45) is 4.61. The average molecular weight is 428 g/mol. The molecule has 0 atom stereocenters. The summed E-state index contributed by atoms with van der Waals surface area (Å²) < 4.78 is 34.0. The molecule has 0 aliphatic rings. The number of hydrogen-bond acceptors (Lipinski definition) is 5. The molecule has 0 radical (unpaired) electrons. The molecule has 3 rings (SSSR count). The summed E-state index contributed by atoms with van der Waals surface area (Å²) in [4.78, 5) is 8.34. The van der Waals surface area contributed by atoms with Gasteiger partial charge in [-0.2, -0.15) is 0 Å². The van der Waals surface area contributed by atoms with Crippen LogP contribution in [0.1, 0.15) is 0 Å². The number of sulfonamides is 1. The topological polar surface area (TPSA) is 85.1 Å². The Kier molecular flexibility index (Phi) is 4.39. The van der Waals surface area contributed by atoms with Gasteiger partial charge in [-0.25, -0.2) is 0 Å². The molecule has 6 nitrogen and oxygen atoms in total. The SMILES string of the molecule is O=S(=O)(Nc1cccnc1[I-]c1cnco1)c1ccccc1. The van der Waals surface area contributed by atoms with Gasteiger partial charge in [0.05, 0.1) is 0 Å². The van der Waals surface area contributed by atoms with Gasteiger partial charge < -0.3 is 0 Å². The first-order valence-electron chi connectivity index (χ1n) is 6.21. The number of pyridine rings is 1. The van der Waals surface area contributed by atoms with E-state index in [0.29, 0.717) is 9.39 Å². The fraction of sp³-hybridized carbons (Fsp3) is 0. The third kappa shape index (κ3) is 3.45. The summed E-state index contributed by atoms with van der Waals surface area (Å²) in [5.41, 5.74) is 0.468. The number of benzene rings is 1. The third-order valence-electron chi connectivity index (χ3n) is 2.64. The van der Waals surface area contributed by atoms with Crippen LogP contribution < -0.4 is 25.9 Å². The Labute approximate surface area is 137 Å². The summed E-state index contributed by atoms with van der Waals surface area (Å²) in [5, 5.41) is 0. The zero-order valence-electron chi connectivity index (χ0n) is 11.2. The molecule has 0 aliphatic heterocycles. The van der Waals surface area contributed by atoms with Crippen molar-refractivity contribution in [2.24, 2.45) is 0 Å². The van der Waals surface area contributed by atoms with Gasteiger partial charge in [0.25, 0.3) is 0 Å². The van der Waals surface area contributed by atoms with E-state index in [1.165, 1.54) is 6.39 Å². The molecule has 8 heteroatoms. The van der Waals surface area contributed by atoms with Gasteiger partial charge in [0, 0.05) is 0 Å². The molecule has 1 N–H and O–H groups in total. The van der Waals surface area contributed by atoms with E-state index in [9.17, 15) is 8.42 Å². The van der Waals surface area contributed by atoms with Gasteiger partial charge in [-0.3, -0.25) is 0 Å². The number of nitrogens with one attached hydrogen (secondary N) is 1. The number of halogens is 1. The molecule has 2 heterocycles. The van der Waals surface area contributed by atoms with Crippen LogP contribution in [0.3, 0.4) is 0 Å². The van der Waals surface area contributed by atoms with Crippen LogP contribution in [0.2, 0.25) is 0 Å². The molecule has 3 aromatic rings. The Balaban J connectivity index is 1.90. The van der Waals surface area contributed by atoms with E-state index in [1.54, 1.807) is 54.9 Å². The molecular formula is C14H11IN3O3S-. The molecule has 0 amide bonds. The van der Waals surface area contributed by atoms with E-state index in [4.69, 9.17) is 4.42 Å². The summed E-state index contributed by atoms with van der Waals surface area (Å²) in [6, 6.07) is 11.6. The third-order valence-corrected chi connectivity index (χ3v) is 6.46. The van der Waals surface area contributed by atoms with E-state index < -0.39 is 31.2 Å². The van der Waals surface area contributed by atoms with E-state index in [0.717, 1.165) is 3.77 Å². The maximum absolute atomic E-state index is 12.4. The van der Waals surface area contributed by atoms with E-state index in [2.05, 4.69) is 14.7 Å². The molecule has 0 bridgehead atoms. The second-order valence-corrected chi connectivity index (χ2v) is 8.47. The van der Waals surface area contributed by atoms with Crippen molar-refractivity contribution >= 4 is 15.7 Å². The van der Waals surface area contributed by atoms with Crippen LogP contribution in [0.25, 0.3) is 0 Å². The molecule has 0 saturated carbocycles. The number of nitrogens with zero attached hydrogens (tertiary/aromatic N) is 2. The minimum atomic E-state index is -3.63. The molecule has 1 aromatic carbocycles. The van der Waals surface area contributed by atoms with Crippen LogP contribution in [0.5, 0.6) is 0 Å². The molecule has 2 aromatic heterocycles. The summed E-state index contributed by atoms with van der Waals surface area (Å²) >= 11 is -0.747. The van der Waals surface area contributed by atoms with Crippen LogP contribution in [0.15, 0.2) is 70.6 Å². The van der Waals surface area contributed by atoms with Crippen molar-refractivity contribution in [2.45, 2.75) is 4.90 Å². The Hall–Kier alpha value is -1.94. The van der Waals surface area contributed by atoms with Gasteiger partial charge in [-0.05, 0) is 0 Å². The molecule has 0 saturated heterocycles. The van der Waals surface area contributed by atoms with Gasteiger partial charge in [0.2, 0.25) is 0 Å². The number of aromatic nitrogens is 2. The fourth-order valence-corrected chi connectivity index (χ4v) is 4.90. The maximum atomic E-state index is 12.4. The first-order valence-corrected chi connectivity index (χ1v) is 9.85. The molecule has 0 aliphatic carbocycles. The Morgan fingerprint density at radius 2 is 1.91 bits per heavy atom. The van der Waals surface area contributed by atoms with Crippen LogP contribution in [-0.4, -0.2) is 18.4 Å². The Morgan fingerprint density at radius 1 is 1.09 bits per heavy atom. The fourth-order valence-electron chi connectivity index (χ4n) is 1.68. The zero-order chi connectivity index (χ0) is 15.4. The summed E-state index contributed by atoms with van der Waals surface area (Å²) in [6.45, 7) is 0. The van der Waals surface area contributed by atoms with Crippen LogP contribution in [0, 0.1) is 7.47 Å². The molecule has 0 unspecified atom stereocenters. The predicted molar refractivity (Wildman–Crippen MR) is 75.4 cm³/mol. The summed E-state index contributed by atoms with van der Waals surface area (Å²) in [5.74, 6) is 0. The number of hydrogen-bond donors (Lipinski definition) is 1. The monoisotopic (exact) mass is 428 g/mol. The molecule has 114 valence electrons. The van der Waals surface area contributed by atoms with Crippen molar-refractivity contribution in [3.63, 3.8) is 0 Å². The zero-order valence-corrected chi connectivity index (χ0v) is 14.2. The number of anilines is 1. The predicted octanol–water partition coefficient (Wildman–Crippen LogP) is -1.00. The Morgan fingerprint density at radius 3 is 2.64 bits per heavy atom. The van der Waals surface area contributed by atoms with Crippen molar-refractivity contribution in [3.05, 3.63) is 68.7 Å². The van der Waals surface area contributed by atoms with Gasteiger partial charge in [0.1, 0.15) is 0 Å². The molecule has 0 spiro atoms. The van der Waals surface area contributed by atoms with E-state index in [-0.39, 0.29) is 4.90 Å². The number of rotatable bonds is 5. The molecular weight excluding hydrogens is 417 g/mol. The normalized spacial score (nSPS) is 11.5. The first kappa shape index (κ1) is 15.0. The summed E-state index contributed by atoms with van der Waals surface area (Å²) in [7, 11) is -3.63. The van der Waals surface area contributed by atoms with Crippen molar-refractivity contribution < 1.29 is 34.0 Å². The number of oxazole rings is 1. The second-order valence-electron chi connectivity index (χ2n) is 4.16. The van der Waals surface area contributed by atoms with Crippen molar-refractivity contribution in [3.8, 4) is 0 Å². The van der Waals surface area contributed by atoms with Gasteiger partial charge >= 0.3 is 138 Å². The molecule has 0 fully saturated rings. The van der Waals surface area contributed by atoms with Crippen molar-refractivity contribution in [1.29, 1.82) is 0 Å². The van der Waals surface area contributed by atoms with Gasteiger partial charge in [-0.15, -0.1) is 0 Å². The first-order chi connectivity index (χ1) is 10.6. The second kappa shape index (κ2) is 6.44. The van der Waals surface area contributed by atoms with Crippen molar-refractivity contribution in [1.82, 2.24) is 9.97 Å². The van der Waals surface area contributed by atoms with Gasteiger partial charge in [-0.1, -0.05) is 0 Å². The minimum absolute atomic E-state index is 0.211. The molecule has 22 heavy (non-hydrogen) atoms. The van der Waals surface area contributed by atoms with Crippen LogP contribution >= 0.6 is 0 Å². The van der Waals surface area contributed by atoms with Crippen molar-refractivity contribution in [2.75, 3.05) is 4.72 Å². The van der Waals surface area contributed by atoms with Gasteiger partial charge in [0.15, 0.2) is 0 Å². The average Bonchev–Trinajstić information content (AvgIpc) is 3.03. The van der Waals surface area contributed by atoms with Crippen LogP contribution in [-0.2, 0) is 10.0 Å². The Bertz CT molecular complexity index is 852.